The first-order valence-electron chi connectivity index (χ1n) is 6.84. The number of carbonyl (C=O) groups excluding carboxylic acids is 1. The molecule has 0 radical (unpaired) electrons. The molecule has 1 aromatic carbocycles. The first-order chi connectivity index (χ1) is 10.4. The number of hydrogen-bond acceptors (Lipinski definition) is 4. The Kier molecular flexibility index (Phi) is 5.62. The Morgan fingerprint density at radius 3 is 2.64 bits per heavy atom. The van der Waals surface area contributed by atoms with Crippen molar-refractivity contribution in [3.8, 4) is 5.75 Å². The zero-order valence-corrected chi connectivity index (χ0v) is 11.9. The third kappa shape index (κ3) is 5.53. The van der Waals surface area contributed by atoms with Crippen LogP contribution in [-0.2, 0) is 16.1 Å². The normalized spacial score (nSPS) is 16.3. The predicted molar refractivity (Wildman–Crippen MR) is 72.2 cm³/mol. The summed E-state index contributed by atoms with van der Waals surface area (Å²) in [5, 5.41) is 2.60. The van der Waals surface area contributed by atoms with Crippen LogP contribution in [0.4, 0.5) is 13.2 Å². The number of rotatable bonds is 5. The molecular formula is C14H17F3N2O3. The molecule has 1 saturated heterocycles. The molecule has 122 valence electrons. The predicted octanol–water partition coefficient (Wildman–Crippen LogP) is 1.53. The van der Waals surface area contributed by atoms with Gasteiger partial charge in [0.1, 0.15) is 5.75 Å². The molecule has 8 heteroatoms. The molecule has 22 heavy (non-hydrogen) atoms. The van der Waals surface area contributed by atoms with Crippen LogP contribution in [0.5, 0.6) is 5.75 Å². The van der Waals surface area contributed by atoms with Crippen LogP contribution in [0, 0.1) is 0 Å². The Morgan fingerprint density at radius 2 is 1.95 bits per heavy atom. The molecule has 0 spiro atoms. The second kappa shape index (κ2) is 7.46. The number of halogens is 3. The van der Waals surface area contributed by atoms with Crippen LogP contribution in [0.15, 0.2) is 24.3 Å². The van der Waals surface area contributed by atoms with Crippen molar-refractivity contribution < 1.29 is 27.4 Å². The van der Waals surface area contributed by atoms with E-state index in [-0.39, 0.29) is 30.3 Å². The van der Waals surface area contributed by atoms with Gasteiger partial charge in [0.15, 0.2) is 0 Å². The third-order valence-corrected chi connectivity index (χ3v) is 3.15. The van der Waals surface area contributed by atoms with Gasteiger partial charge in [0.25, 0.3) is 0 Å². The molecule has 1 aromatic rings. The fraction of sp³-hybridized carbons (Fsp3) is 0.500. The Bertz CT molecular complexity index is 502. The summed E-state index contributed by atoms with van der Waals surface area (Å²) in [5.41, 5.74) is 0.273. The number of amides is 1. The lowest BCUT2D eigenvalue weighted by atomic mass is 10.2. The highest BCUT2D eigenvalue weighted by atomic mass is 19.4. The molecular weight excluding hydrogens is 301 g/mol. The fourth-order valence-corrected chi connectivity index (χ4v) is 2.09. The molecule has 0 atom stereocenters. The van der Waals surface area contributed by atoms with Crippen LogP contribution < -0.4 is 10.1 Å². The highest BCUT2D eigenvalue weighted by molar-refractivity contribution is 5.78. The van der Waals surface area contributed by atoms with E-state index in [4.69, 9.17) is 4.74 Å². The smallest absolute Gasteiger partial charge is 0.405 e. The third-order valence-electron chi connectivity index (χ3n) is 3.15. The second-order valence-electron chi connectivity index (χ2n) is 4.82. The van der Waals surface area contributed by atoms with Gasteiger partial charge in [-0.15, -0.1) is 13.2 Å². The van der Waals surface area contributed by atoms with Gasteiger partial charge in [-0.25, -0.2) is 0 Å². The number of ether oxygens (including phenoxy) is 2. The minimum absolute atomic E-state index is 0.0184. The zero-order chi connectivity index (χ0) is 16.0. The van der Waals surface area contributed by atoms with Crippen LogP contribution in [0.1, 0.15) is 5.56 Å². The Balaban J connectivity index is 1.86. The van der Waals surface area contributed by atoms with Crippen molar-refractivity contribution in [2.24, 2.45) is 0 Å². The summed E-state index contributed by atoms with van der Waals surface area (Å²) in [6, 6.07) is 5.74. The molecule has 5 nitrogen and oxygen atoms in total. The van der Waals surface area contributed by atoms with E-state index < -0.39 is 6.36 Å². The van der Waals surface area contributed by atoms with E-state index in [0.29, 0.717) is 26.3 Å². The Morgan fingerprint density at radius 1 is 1.27 bits per heavy atom. The number of para-hydroxylation sites is 1. The minimum atomic E-state index is -4.76. The summed E-state index contributed by atoms with van der Waals surface area (Å²) in [6.07, 6.45) is -4.76. The number of hydrogen-bond donors (Lipinski definition) is 1. The highest BCUT2D eigenvalue weighted by Gasteiger charge is 2.32. The number of nitrogens with zero attached hydrogens (tertiary/aromatic N) is 1. The summed E-state index contributed by atoms with van der Waals surface area (Å²) < 4.78 is 46.0. The Hall–Kier alpha value is -1.80. The SMILES string of the molecule is O=C(CN1CCOCC1)NCc1ccccc1OC(F)(F)F. The lowest BCUT2D eigenvalue weighted by Crippen LogP contribution is -2.43. The van der Waals surface area contributed by atoms with Gasteiger partial charge in [-0.05, 0) is 6.07 Å². The van der Waals surface area contributed by atoms with Crippen molar-refractivity contribution in [2.45, 2.75) is 12.9 Å². The highest BCUT2D eigenvalue weighted by Crippen LogP contribution is 2.25. The van der Waals surface area contributed by atoms with E-state index in [0.717, 1.165) is 0 Å². The summed E-state index contributed by atoms with van der Waals surface area (Å²) >= 11 is 0. The van der Waals surface area contributed by atoms with Gasteiger partial charge in [-0.2, -0.15) is 0 Å². The maximum Gasteiger partial charge on any atom is 0.573 e. The summed E-state index contributed by atoms with van der Waals surface area (Å²) in [6.45, 7) is 2.68. The molecule has 0 bridgehead atoms. The zero-order valence-electron chi connectivity index (χ0n) is 11.9. The maximum absolute atomic E-state index is 12.3. The number of benzene rings is 1. The van der Waals surface area contributed by atoms with Gasteiger partial charge in [0, 0.05) is 25.2 Å². The molecule has 2 rings (SSSR count). The van der Waals surface area contributed by atoms with Gasteiger partial charge < -0.3 is 14.8 Å². The molecule has 1 fully saturated rings. The maximum atomic E-state index is 12.3. The number of alkyl halides is 3. The molecule has 1 aliphatic heterocycles. The molecule has 0 unspecified atom stereocenters. The average molecular weight is 318 g/mol. The molecule has 0 aliphatic carbocycles. The summed E-state index contributed by atoms with van der Waals surface area (Å²) in [7, 11) is 0. The van der Waals surface area contributed by atoms with Gasteiger partial charge in [-0.1, -0.05) is 18.2 Å². The fourth-order valence-electron chi connectivity index (χ4n) is 2.09. The number of morpholine rings is 1. The second-order valence-corrected chi connectivity index (χ2v) is 4.82. The number of nitrogens with one attached hydrogen (secondary N) is 1. The standard InChI is InChI=1S/C14H17F3N2O3/c15-14(16,17)22-12-4-2-1-3-11(12)9-18-13(20)10-19-5-7-21-8-6-19/h1-4H,5-10H2,(H,18,20). The molecule has 0 aromatic heterocycles. The monoisotopic (exact) mass is 318 g/mol. The minimum Gasteiger partial charge on any atom is -0.405 e. The van der Waals surface area contributed by atoms with Gasteiger partial charge >= 0.3 is 6.36 Å². The summed E-state index contributed by atoms with van der Waals surface area (Å²) in [5.74, 6) is -0.551. The molecule has 1 aliphatic rings. The van der Waals surface area contributed by atoms with E-state index in [1.165, 1.54) is 18.2 Å². The van der Waals surface area contributed by atoms with Crippen LogP contribution in [-0.4, -0.2) is 50.0 Å². The van der Waals surface area contributed by atoms with Crippen molar-refractivity contribution in [3.63, 3.8) is 0 Å². The largest absolute Gasteiger partial charge is 0.573 e. The van der Waals surface area contributed by atoms with Crippen molar-refractivity contribution >= 4 is 5.91 Å². The van der Waals surface area contributed by atoms with E-state index >= 15 is 0 Å². The lowest BCUT2D eigenvalue weighted by Gasteiger charge is -2.25. The van der Waals surface area contributed by atoms with Crippen LogP contribution in [0.25, 0.3) is 0 Å². The van der Waals surface area contributed by atoms with Crippen molar-refractivity contribution in [1.82, 2.24) is 10.2 Å². The van der Waals surface area contributed by atoms with Crippen molar-refractivity contribution in [3.05, 3.63) is 29.8 Å². The average Bonchev–Trinajstić information content (AvgIpc) is 2.46. The topological polar surface area (TPSA) is 50.8 Å². The van der Waals surface area contributed by atoms with E-state index in [1.54, 1.807) is 6.07 Å². The molecule has 0 saturated carbocycles. The molecule has 1 N–H and O–H groups in total. The summed E-state index contributed by atoms with van der Waals surface area (Å²) in [4.78, 5) is 13.8. The van der Waals surface area contributed by atoms with Crippen LogP contribution >= 0.6 is 0 Å². The van der Waals surface area contributed by atoms with Crippen molar-refractivity contribution in [2.75, 3.05) is 32.8 Å². The van der Waals surface area contributed by atoms with Crippen molar-refractivity contribution in [1.29, 1.82) is 0 Å². The lowest BCUT2D eigenvalue weighted by molar-refractivity contribution is -0.274. The Labute approximate surface area is 126 Å². The number of carbonyl (C=O) groups is 1. The first kappa shape index (κ1) is 16.6. The van der Waals surface area contributed by atoms with E-state index in [2.05, 4.69) is 10.1 Å². The first-order valence-corrected chi connectivity index (χ1v) is 6.84. The molecule has 1 amide bonds. The molecule has 1 heterocycles. The van der Waals surface area contributed by atoms with Crippen LogP contribution in [0.2, 0.25) is 0 Å². The quantitative estimate of drug-likeness (QED) is 0.895. The van der Waals surface area contributed by atoms with E-state index in [9.17, 15) is 18.0 Å². The van der Waals surface area contributed by atoms with Gasteiger partial charge in [-0.3, -0.25) is 9.69 Å². The van der Waals surface area contributed by atoms with Gasteiger partial charge in [0.05, 0.1) is 19.8 Å². The van der Waals surface area contributed by atoms with E-state index in [1.807, 2.05) is 4.90 Å². The van der Waals surface area contributed by atoms with Gasteiger partial charge in [0.2, 0.25) is 5.91 Å². The van der Waals surface area contributed by atoms with Crippen LogP contribution in [0.3, 0.4) is 0 Å².